The van der Waals surface area contributed by atoms with Crippen molar-refractivity contribution in [3.05, 3.63) is 34.1 Å². The first kappa shape index (κ1) is 11.8. The lowest BCUT2D eigenvalue weighted by Crippen LogP contribution is -2.21. The van der Waals surface area contributed by atoms with E-state index < -0.39 is 34.1 Å². The first-order valence-corrected chi connectivity index (χ1v) is 3.98. The van der Waals surface area contributed by atoms with E-state index in [1.807, 2.05) is 0 Å². The topological polar surface area (TPSA) is 43.1 Å². The van der Waals surface area contributed by atoms with Gasteiger partial charge >= 0.3 is 6.18 Å². The Kier molecular flexibility index (Phi) is 2.90. The summed E-state index contributed by atoms with van der Waals surface area (Å²) in [6.45, 7) is 0. The third-order valence-electron chi connectivity index (χ3n) is 1.63. The second kappa shape index (κ2) is 3.69. The van der Waals surface area contributed by atoms with E-state index in [9.17, 15) is 22.4 Å². The Bertz CT molecular complexity index is 416. The Morgan fingerprint density at radius 2 is 1.87 bits per heavy atom. The van der Waals surface area contributed by atoms with Crippen LogP contribution in [0.5, 0.6) is 0 Å². The summed E-state index contributed by atoms with van der Waals surface area (Å²) in [6, 6.07) is 1.36. The van der Waals surface area contributed by atoms with Gasteiger partial charge in [-0.3, -0.25) is 4.79 Å². The predicted molar refractivity (Wildman–Crippen MR) is 44.9 cm³/mol. The Labute approximate surface area is 86.6 Å². The van der Waals surface area contributed by atoms with Crippen molar-refractivity contribution >= 4 is 17.5 Å². The van der Waals surface area contributed by atoms with E-state index in [-0.39, 0.29) is 0 Å². The van der Waals surface area contributed by atoms with Crippen LogP contribution < -0.4 is 5.73 Å². The fourth-order valence-corrected chi connectivity index (χ4v) is 1.32. The van der Waals surface area contributed by atoms with E-state index in [1.54, 1.807) is 0 Å². The van der Waals surface area contributed by atoms with Crippen LogP contribution in [-0.4, -0.2) is 5.91 Å². The van der Waals surface area contributed by atoms with Crippen LogP contribution >= 0.6 is 11.6 Å². The van der Waals surface area contributed by atoms with Gasteiger partial charge in [-0.25, -0.2) is 4.39 Å². The van der Waals surface area contributed by atoms with Gasteiger partial charge in [-0.2, -0.15) is 13.2 Å². The van der Waals surface area contributed by atoms with Crippen molar-refractivity contribution in [2.75, 3.05) is 0 Å². The van der Waals surface area contributed by atoms with Crippen LogP contribution in [0.2, 0.25) is 5.02 Å². The minimum Gasteiger partial charge on any atom is -0.366 e. The summed E-state index contributed by atoms with van der Waals surface area (Å²) in [4.78, 5) is 10.7. The first-order chi connectivity index (χ1) is 6.75. The molecule has 0 bridgehead atoms. The average Bonchev–Trinajstić information content (AvgIpc) is 2.05. The Balaban J connectivity index is 3.60. The van der Waals surface area contributed by atoms with Gasteiger partial charge in [0, 0.05) is 0 Å². The van der Waals surface area contributed by atoms with Gasteiger partial charge in [0.05, 0.1) is 10.6 Å². The number of hydrogen-bond acceptors (Lipinski definition) is 1. The average molecular weight is 242 g/mol. The maximum atomic E-state index is 12.9. The highest BCUT2D eigenvalue weighted by Gasteiger charge is 2.39. The van der Waals surface area contributed by atoms with Crippen LogP contribution in [0.3, 0.4) is 0 Å². The number of rotatable bonds is 1. The molecule has 0 heterocycles. The molecule has 0 saturated carbocycles. The molecule has 2 N–H and O–H groups in total. The van der Waals surface area contributed by atoms with Crippen molar-refractivity contribution in [2.45, 2.75) is 6.18 Å². The molecular weight excluding hydrogens is 238 g/mol. The number of halogens is 5. The van der Waals surface area contributed by atoms with Crippen LogP contribution in [0.15, 0.2) is 12.1 Å². The molecule has 1 rings (SSSR count). The largest absolute Gasteiger partial charge is 0.420 e. The highest BCUT2D eigenvalue weighted by molar-refractivity contribution is 6.34. The highest BCUT2D eigenvalue weighted by Crippen LogP contribution is 2.36. The third kappa shape index (κ3) is 2.20. The lowest BCUT2D eigenvalue weighted by atomic mass is 10.1. The molecule has 0 aromatic heterocycles. The van der Waals surface area contributed by atoms with Crippen LogP contribution in [0.4, 0.5) is 17.6 Å². The van der Waals surface area contributed by atoms with E-state index in [4.69, 9.17) is 17.3 Å². The second-order valence-electron chi connectivity index (χ2n) is 2.64. The minimum atomic E-state index is -5.01. The summed E-state index contributed by atoms with van der Waals surface area (Å²) in [7, 11) is 0. The monoisotopic (exact) mass is 241 g/mol. The zero-order valence-electron chi connectivity index (χ0n) is 7.03. The smallest absolute Gasteiger partial charge is 0.366 e. The van der Waals surface area contributed by atoms with Crippen molar-refractivity contribution in [1.82, 2.24) is 0 Å². The summed E-state index contributed by atoms with van der Waals surface area (Å²) in [5, 5.41) is -0.531. The summed E-state index contributed by atoms with van der Waals surface area (Å²) < 4.78 is 49.9. The fraction of sp³-hybridized carbons (Fsp3) is 0.125. The molecule has 1 aromatic rings. The van der Waals surface area contributed by atoms with Crippen LogP contribution in [-0.2, 0) is 6.18 Å². The lowest BCUT2D eigenvalue weighted by Gasteiger charge is -2.12. The molecule has 2 nitrogen and oxygen atoms in total. The van der Waals surface area contributed by atoms with Crippen molar-refractivity contribution in [1.29, 1.82) is 0 Å². The fourth-order valence-electron chi connectivity index (χ4n) is 1.07. The Morgan fingerprint density at radius 1 is 1.33 bits per heavy atom. The van der Waals surface area contributed by atoms with E-state index in [0.29, 0.717) is 6.07 Å². The van der Waals surface area contributed by atoms with E-state index in [2.05, 4.69) is 0 Å². The van der Waals surface area contributed by atoms with E-state index in [0.717, 1.165) is 6.07 Å². The number of carbonyl (C=O) groups excluding carboxylic acids is 1. The molecule has 0 aliphatic rings. The molecular formula is C8H4ClF4NO. The van der Waals surface area contributed by atoms with Crippen molar-refractivity contribution in [3.63, 3.8) is 0 Å². The maximum Gasteiger partial charge on any atom is 0.420 e. The molecule has 0 spiro atoms. The molecule has 15 heavy (non-hydrogen) atoms. The normalized spacial score (nSPS) is 11.5. The second-order valence-corrected chi connectivity index (χ2v) is 3.05. The Morgan fingerprint density at radius 3 is 2.20 bits per heavy atom. The number of carbonyl (C=O) groups is 1. The minimum absolute atomic E-state index is 0.525. The molecule has 0 aliphatic carbocycles. The lowest BCUT2D eigenvalue weighted by molar-refractivity contribution is -0.140. The van der Waals surface area contributed by atoms with Crippen LogP contribution in [0.25, 0.3) is 0 Å². The molecule has 1 aromatic carbocycles. The molecule has 7 heteroatoms. The summed E-state index contributed by atoms with van der Waals surface area (Å²) >= 11 is 5.33. The highest BCUT2D eigenvalue weighted by atomic mass is 35.5. The third-order valence-corrected chi connectivity index (χ3v) is 1.95. The molecule has 1 amide bonds. The summed E-state index contributed by atoms with van der Waals surface area (Å²) in [6.07, 6.45) is -5.01. The number of benzene rings is 1. The van der Waals surface area contributed by atoms with Gasteiger partial charge in [0.2, 0.25) is 0 Å². The molecule has 0 unspecified atom stereocenters. The van der Waals surface area contributed by atoms with Crippen molar-refractivity contribution < 1.29 is 22.4 Å². The zero-order chi connectivity index (χ0) is 11.8. The van der Waals surface area contributed by atoms with Crippen molar-refractivity contribution in [2.24, 2.45) is 5.73 Å². The molecule has 0 radical (unpaired) electrons. The van der Waals surface area contributed by atoms with Gasteiger partial charge in [0.1, 0.15) is 11.4 Å². The van der Waals surface area contributed by atoms with E-state index in [1.165, 1.54) is 0 Å². The zero-order valence-corrected chi connectivity index (χ0v) is 7.79. The molecule has 0 atom stereocenters. The number of amides is 1. The molecule has 0 fully saturated rings. The number of nitrogens with two attached hydrogens (primary N) is 1. The number of hydrogen-bond donors (Lipinski definition) is 1. The van der Waals surface area contributed by atoms with Crippen molar-refractivity contribution in [3.8, 4) is 0 Å². The summed E-state index contributed by atoms with van der Waals surface area (Å²) in [5.74, 6) is -3.01. The van der Waals surface area contributed by atoms with Gasteiger partial charge < -0.3 is 5.73 Å². The number of primary amides is 1. The molecule has 0 saturated heterocycles. The molecule has 82 valence electrons. The quantitative estimate of drug-likeness (QED) is 0.755. The predicted octanol–water partition coefficient (Wildman–Crippen LogP) is 2.60. The van der Waals surface area contributed by atoms with Gasteiger partial charge in [-0.1, -0.05) is 11.6 Å². The maximum absolute atomic E-state index is 12.9. The summed E-state index contributed by atoms with van der Waals surface area (Å²) in [5.41, 5.74) is 1.91. The van der Waals surface area contributed by atoms with E-state index >= 15 is 0 Å². The van der Waals surface area contributed by atoms with Gasteiger partial charge in [-0.05, 0) is 12.1 Å². The standard InChI is InChI=1S/C8H4ClF4NO/c9-3-1-2-4(10)6(8(11,12)13)5(3)7(14)15/h1-2H,(H2,14,15). The first-order valence-electron chi connectivity index (χ1n) is 3.60. The van der Waals surface area contributed by atoms with Gasteiger partial charge in [0.25, 0.3) is 5.91 Å². The SMILES string of the molecule is NC(=O)c1c(Cl)ccc(F)c1C(F)(F)F. The Hall–Kier alpha value is -1.30. The van der Waals surface area contributed by atoms with Crippen LogP contribution in [0.1, 0.15) is 15.9 Å². The van der Waals surface area contributed by atoms with Crippen LogP contribution in [0, 0.1) is 5.82 Å². The number of alkyl halides is 3. The van der Waals surface area contributed by atoms with Gasteiger partial charge in [0.15, 0.2) is 0 Å². The molecule has 0 aliphatic heterocycles. The van der Waals surface area contributed by atoms with Gasteiger partial charge in [-0.15, -0.1) is 0 Å².